The second-order valence-electron chi connectivity index (χ2n) is 8.80. The minimum absolute atomic E-state index is 0.0285. The molecule has 2 aromatic carbocycles. The third-order valence-electron chi connectivity index (χ3n) is 5.78. The van der Waals surface area contributed by atoms with Crippen LogP contribution in [0.5, 0.6) is 11.5 Å². The fourth-order valence-corrected chi connectivity index (χ4v) is 4.18. The van der Waals surface area contributed by atoms with Crippen molar-refractivity contribution in [2.45, 2.75) is 45.8 Å². The first-order valence-electron chi connectivity index (χ1n) is 11.4. The van der Waals surface area contributed by atoms with Crippen molar-refractivity contribution in [1.29, 1.82) is 0 Å². The van der Waals surface area contributed by atoms with E-state index in [0.29, 0.717) is 22.6 Å². The number of carbonyl (C=O) groups excluding carboxylic acids is 2. The first kappa shape index (κ1) is 25.3. The Kier molecular flexibility index (Phi) is 7.99. The lowest BCUT2D eigenvalue weighted by Gasteiger charge is -2.27. The van der Waals surface area contributed by atoms with Crippen LogP contribution in [0.25, 0.3) is 5.76 Å². The SMILES string of the molecule is COCCN1C(=O)C(=O)/C(=C(/O)c2ccc(OC)c(C(C)C)c2)C1c1ccccc1OC(C)C. The number of Topliss-reactive ketones (excluding diaryl/α,β-unsaturated/α-hetero) is 1. The third kappa shape index (κ3) is 4.94. The van der Waals surface area contributed by atoms with E-state index in [1.165, 1.54) is 12.0 Å². The smallest absolute Gasteiger partial charge is 0.295 e. The molecule has 7 heteroatoms. The lowest BCUT2D eigenvalue weighted by atomic mass is 9.92. The number of aliphatic hydroxyl groups excluding tert-OH is 1. The van der Waals surface area contributed by atoms with Crippen molar-refractivity contribution in [2.24, 2.45) is 0 Å². The van der Waals surface area contributed by atoms with E-state index < -0.39 is 17.7 Å². The van der Waals surface area contributed by atoms with Crippen LogP contribution < -0.4 is 9.47 Å². The van der Waals surface area contributed by atoms with Crippen LogP contribution in [0.2, 0.25) is 0 Å². The van der Waals surface area contributed by atoms with Crippen LogP contribution in [-0.2, 0) is 14.3 Å². The molecule has 3 rings (SSSR count). The fourth-order valence-electron chi connectivity index (χ4n) is 4.18. The van der Waals surface area contributed by atoms with Crippen LogP contribution in [0.1, 0.15) is 56.3 Å². The van der Waals surface area contributed by atoms with Gasteiger partial charge in [0.15, 0.2) is 0 Å². The number of ether oxygens (including phenoxy) is 3. The zero-order valence-electron chi connectivity index (χ0n) is 20.6. The van der Waals surface area contributed by atoms with Gasteiger partial charge in [0, 0.05) is 24.8 Å². The topological polar surface area (TPSA) is 85.3 Å². The molecular formula is C27H33NO6. The van der Waals surface area contributed by atoms with Gasteiger partial charge in [-0.3, -0.25) is 9.59 Å². The molecule has 1 heterocycles. The van der Waals surface area contributed by atoms with Gasteiger partial charge in [-0.2, -0.15) is 0 Å². The van der Waals surface area contributed by atoms with Crippen molar-refractivity contribution in [2.75, 3.05) is 27.4 Å². The van der Waals surface area contributed by atoms with E-state index in [-0.39, 0.29) is 36.5 Å². The van der Waals surface area contributed by atoms with E-state index in [0.717, 1.165) is 5.56 Å². The summed E-state index contributed by atoms with van der Waals surface area (Å²) in [5, 5.41) is 11.4. The second kappa shape index (κ2) is 10.7. The summed E-state index contributed by atoms with van der Waals surface area (Å²) in [5.74, 6) is -0.273. The zero-order chi connectivity index (χ0) is 25.0. The number of hydrogen-bond acceptors (Lipinski definition) is 6. The molecule has 182 valence electrons. The molecule has 1 aliphatic rings. The van der Waals surface area contributed by atoms with Crippen LogP contribution >= 0.6 is 0 Å². The zero-order valence-corrected chi connectivity index (χ0v) is 20.6. The van der Waals surface area contributed by atoms with Crippen molar-refractivity contribution < 1.29 is 28.9 Å². The lowest BCUT2D eigenvalue weighted by molar-refractivity contribution is -0.140. The maximum atomic E-state index is 13.2. The monoisotopic (exact) mass is 467 g/mol. The summed E-state index contributed by atoms with van der Waals surface area (Å²) in [7, 11) is 3.12. The number of likely N-dealkylation sites (tertiary alicyclic amines) is 1. The number of para-hydroxylation sites is 1. The highest BCUT2D eigenvalue weighted by atomic mass is 16.5. The standard InChI is InChI=1S/C27H33NO6/c1-16(2)20-15-18(11-12-21(20)33-6)25(29)23-24(28(13-14-32-5)27(31)26(23)30)19-9-7-8-10-22(19)34-17(3)4/h7-12,15-17,24,29H,13-14H2,1-6H3/b25-23+. The van der Waals surface area contributed by atoms with Gasteiger partial charge in [-0.1, -0.05) is 32.0 Å². The number of carbonyl (C=O) groups is 2. The summed E-state index contributed by atoms with van der Waals surface area (Å²) in [6.07, 6.45) is -0.113. The Hall–Kier alpha value is -3.32. The van der Waals surface area contributed by atoms with Gasteiger partial charge in [0.1, 0.15) is 17.3 Å². The Morgan fingerprint density at radius 1 is 1.03 bits per heavy atom. The number of ketones is 1. The molecule has 1 unspecified atom stereocenters. The van der Waals surface area contributed by atoms with Crippen LogP contribution in [0, 0.1) is 0 Å². The maximum Gasteiger partial charge on any atom is 0.295 e. The molecule has 0 aliphatic carbocycles. The Labute approximate surface area is 200 Å². The average Bonchev–Trinajstić information content (AvgIpc) is 3.06. The molecule has 7 nitrogen and oxygen atoms in total. The quantitative estimate of drug-likeness (QED) is 0.328. The molecule has 1 N–H and O–H groups in total. The first-order valence-corrected chi connectivity index (χ1v) is 11.4. The van der Waals surface area contributed by atoms with Gasteiger partial charge in [-0.25, -0.2) is 0 Å². The number of hydrogen-bond donors (Lipinski definition) is 1. The maximum absolute atomic E-state index is 13.2. The molecule has 0 aromatic heterocycles. The highest BCUT2D eigenvalue weighted by Crippen LogP contribution is 2.43. The Morgan fingerprint density at radius 2 is 1.74 bits per heavy atom. The van der Waals surface area contributed by atoms with Crippen molar-refractivity contribution in [3.8, 4) is 11.5 Å². The van der Waals surface area contributed by atoms with E-state index in [1.54, 1.807) is 31.4 Å². The van der Waals surface area contributed by atoms with Crippen molar-refractivity contribution >= 4 is 17.4 Å². The van der Waals surface area contributed by atoms with E-state index in [9.17, 15) is 14.7 Å². The van der Waals surface area contributed by atoms with Gasteiger partial charge in [-0.05, 0) is 49.6 Å². The highest BCUT2D eigenvalue weighted by Gasteiger charge is 2.47. The number of amides is 1. The molecule has 34 heavy (non-hydrogen) atoms. The summed E-state index contributed by atoms with van der Waals surface area (Å²) in [5.41, 5.74) is 1.99. The van der Waals surface area contributed by atoms with Gasteiger partial charge in [0.25, 0.3) is 11.7 Å². The van der Waals surface area contributed by atoms with Crippen molar-refractivity contribution in [3.63, 3.8) is 0 Å². The molecule has 2 aromatic rings. The molecule has 0 saturated carbocycles. The molecule has 0 bridgehead atoms. The predicted octanol–water partition coefficient (Wildman–Crippen LogP) is 4.67. The van der Waals surface area contributed by atoms with Crippen LogP contribution in [0.3, 0.4) is 0 Å². The minimum Gasteiger partial charge on any atom is -0.507 e. The van der Waals surface area contributed by atoms with Gasteiger partial charge < -0.3 is 24.2 Å². The van der Waals surface area contributed by atoms with Crippen LogP contribution in [-0.4, -0.2) is 55.2 Å². The molecule has 1 atom stereocenters. The highest BCUT2D eigenvalue weighted by molar-refractivity contribution is 6.46. The van der Waals surface area contributed by atoms with Gasteiger partial charge in [-0.15, -0.1) is 0 Å². The first-order chi connectivity index (χ1) is 16.2. The summed E-state index contributed by atoms with van der Waals surface area (Å²) < 4.78 is 16.6. The fraction of sp³-hybridized carbons (Fsp3) is 0.407. The minimum atomic E-state index is -0.810. The summed E-state index contributed by atoms with van der Waals surface area (Å²) in [6.45, 7) is 8.29. The molecule has 1 amide bonds. The average molecular weight is 468 g/mol. The number of benzene rings is 2. The van der Waals surface area contributed by atoms with E-state index in [4.69, 9.17) is 14.2 Å². The van der Waals surface area contributed by atoms with Gasteiger partial charge in [0.2, 0.25) is 0 Å². The van der Waals surface area contributed by atoms with Gasteiger partial charge >= 0.3 is 0 Å². The van der Waals surface area contributed by atoms with Crippen LogP contribution in [0.4, 0.5) is 0 Å². The summed E-state index contributed by atoms with van der Waals surface area (Å²) in [6, 6.07) is 11.7. The molecule has 1 fully saturated rings. The molecule has 1 saturated heterocycles. The molecule has 0 spiro atoms. The molecule has 0 radical (unpaired) electrons. The number of rotatable bonds is 9. The third-order valence-corrected chi connectivity index (χ3v) is 5.78. The normalized spacial score (nSPS) is 17.6. The largest absolute Gasteiger partial charge is 0.507 e. The number of nitrogens with zero attached hydrogens (tertiary/aromatic N) is 1. The van der Waals surface area contributed by atoms with Crippen molar-refractivity contribution in [3.05, 3.63) is 64.7 Å². The Bertz CT molecular complexity index is 1090. The summed E-state index contributed by atoms with van der Waals surface area (Å²) in [4.78, 5) is 27.7. The van der Waals surface area contributed by atoms with E-state index in [2.05, 4.69) is 0 Å². The van der Waals surface area contributed by atoms with E-state index >= 15 is 0 Å². The Balaban J connectivity index is 2.23. The van der Waals surface area contributed by atoms with Gasteiger partial charge in [0.05, 0.1) is 31.4 Å². The van der Waals surface area contributed by atoms with Crippen LogP contribution in [0.15, 0.2) is 48.0 Å². The number of aliphatic hydroxyl groups is 1. The van der Waals surface area contributed by atoms with Crippen molar-refractivity contribution in [1.82, 2.24) is 4.90 Å². The summed E-state index contributed by atoms with van der Waals surface area (Å²) >= 11 is 0. The molecular weight excluding hydrogens is 434 g/mol. The predicted molar refractivity (Wildman–Crippen MR) is 130 cm³/mol. The second-order valence-corrected chi connectivity index (χ2v) is 8.80. The molecule has 1 aliphatic heterocycles. The van der Waals surface area contributed by atoms with E-state index in [1.807, 2.05) is 45.9 Å². The number of methoxy groups -OCH3 is 2. The lowest BCUT2D eigenvalue weighted by Crippen LogP contribution is -2.33. The Morgan fingerprint density at radius 3 is 2.35 bits per heavy atom.